The van der Waals surface area contributed by atoms with E-state index in [0.717, 1.165) is 9.54 Å². The predicted molar refractivity (Wildman–Crippen MR) is 93.2 cm³/mol. The van der Waals surface area contributed by atoms with E-state index in [1.807, 2.05) is 29.5 Å². The van der Waals surface area contributed by atoms with Gasteiger partial charge in [-0.25, -0.2) is 22.2 Å². The highest BCUT2D eigenvalue weighted by Crippen LogP contribution is 2.30. The average Bonchev–Trinajstić information content (AvgIpc) is 2.81. The number of aromatic carboxylic acids is 1. The molecule has 3 aromatic rings. The molecule has 8 heteroatoms. The number of aryl methyl sites for hydroxylation is 1. The summed E-state index contributed by atoms with van der Waals surface area (Å²) in [5, 5.41) is 10.0. The molecular weight excluding hydrogens is 431 g/mol. The second-order valence-corrected chi connectivity index (χ2v) is 7.80. The number of hydrogen-bond acceptors (Lipinski definition) is 4. The van der Waals surface area contributed by atoms with Crippen molar-refractivity contribution in [2.75, 3.05) is 0 Å². The lowest BCUT2D eigenvalue weighted by molar-refractivity contribution is 0.0688. The molecule has 1 N–H and O–H groups in total. The average molecular weight is 442 g/mol. The normalized spacial score (nSPS) is 11.7. The third-order valence-corrected chi connectivity index (χ3v) is 6.12. The molecule has 2 heterocycles. The van der Waals surface area contributed by atoms with Crippen LogP contribution in [-0.4, -0.2) is 28.5 Å². The Morgan fingerprint density at radius 3 is 2.52 bits per heavy atom. The van der Waals surface area contributed by atoms with Crippen LogP contribution in [0, 0.1) is 10.5 Å². The van der Waals surface area contributed by atoms with Crippen LogP contribution in [0.5, 0.6) is 0 Å². The fourth-order valence-electron chi connectivity index (χ4n) is 2.32. The fourth-order valence-corrected chi connectivity index (χ4v) is 4.85. The maximum Gasteiger partial charge on any atom is 0.354 e. The molecule has 0 aliphatic rings. The Kier molecular flexibility index (Phi) is 3.88. The van der Waals surface area contributed by atoms with Crippen molar-refractivity contribution in [1.29, 1.82) is 0 Å². The van der Waals surface area contributed by atoms with Gasteiger partial charge in [-0.15, -0.1) is 0 Å². The second-order valence-electron chi connectivity index (χ2n) is 4.93. The molecule has 2 aromatic heterocycles. The van der Waals surface area contributed by atoms with Gasteiger partial charge in [0.25, 0.3) is 10.0 Å². The van der Waals surface area contributed by atoms with Gasteiger partial charge in [-0.2, -0.15) is 0 Å². The van der Waals surface area contributed by atoms with Crippen LogP contribution in [0.15, 0.2) is 47.5 Å². The number of aromatic nitrogens is 2. The molecule has 0 atom stereocenters. The topological polar surface area (TPSA) is 89.3 Å². The number of carboxylic acid groups (broad SMARTS) is 1. The van der Waals surface area contributed by atoms with E-state index in [0.29, 0.717) is 8.96 Å². The highest BCUT2D eigenvalue weighted by atomic mass is 127. The Bertz CT molecular complexity index is 1030. The molecule has 1 aromatic carbocycles. The third kappa shape index (κ3) is 2.51. The molecule has 0 unspecified atom stereocenters. The lowest BCUT2D eigenvalue weighted by Gasteiger charge is -2.09. The minimum Gasteiger partial charge on any atom is -0.477 e. The summed E-state index contributed by atoms with van der Waals surface area (Å²) in [6.07, 6.45) is 1.51. The van der Waals surface area contributed by atoms with Crippen LogP contribution in [0.25, 0.3) is 11.0 Å². The number of rotatable bonds is 3. The Labute approximate surface area is 146 Å². The number of pyridine rings is 1. The van der Waals surface area contributed by atoms with Gasteiger partial charge in [0.2, 0.25) is 0 Å². The molecule has 3 rings (SSSR count). The van der Waals surface area contributed by atoms with Crippen LogP contribution in [0.4, 0.5) is 0 Å². The Morgan fingerprint density at radius 2 is 1.91 bits per heavy atom. The van der Waals surface area contributed by atoms with Gasteiger partial charge in [-0.1, -0.05) is 18.2 Å². The zero-order valence-electron chi connectivity index (χ0n) is 11.9. The number of hydrogen-bond donors (Lipinski definition) is 1. The van der Waals surface area contributed by atoms with E-state index in [-0.39, 0.29) is 16.2 Å². The highest BCUT2D eigenvalue weighted by molar-refractivity contribution is 14.1. The van der Waals surface area contributed by atoms with E-state index in [9.17, 15) is 18.3 Å². The van der Waals surface area contributed by atoms with Gasteiger partial charge in [-0.05, 0) is 53.3 Å². The maximum absolute atomic E-state index is 12.9. The summed E-state index contributed by atoms with van der Waals surface area (Å²) in [5.41, 5.74) is 0.630. The van der Waals surface area contributed by atoms with Crippen molar-refractivity contribution in [3.05, 3.63) is 57.4 Å². The zero-order chi connectivity index (χ0) is 16.8. The third-order valence-electron chi connectivity index (χ3n) is 3.33. The first-order valence-corrected chi connectivity index (χ1v) is 9.06. The summed E-state index contributed by atoms with van der Waals surface area (Å²) in [6.45, 7) is 1.81. The quantitative estimate of drug-likeness (QED) is 0.631. The summed E-state index contributed by atoms with van der Waals surface area (Å²) in [7, 11) is -4.06. The molecule has 0 radical (unpaired) electrons. The second kappa shape index (κ2) is 5.60. The molecule has 118 valence electrons. The number of halogens is 1. The largest absolute Gasteiger partial charge is 0.477 e. The smallest absolute Gasteiger partial charge is 0.354 e. The van der Waals surface area contributed by atoms with E-state index in [2.05, 4.69) is 4.98 Å². The number of fused-ring (bicyclic) bond motifs is 1. The van der Waals surface area contributed by atoms with Crippen LogP contribution in [0.2, 0.25) is 0 Å². The molecule has 0 aliphatic carbocycles. The lowest BCUT2D eigenvalue weighted by atomic mass is 10.2. The number of carboxylic acids is 1. The highest BCUT2D eigenvalue weighted by Gasteiger charge is 2.30. The zero-order valence-corrected chi connectivity index (χ0v) is 14.9. The molecule has 0 fully saturated rings. The van der Waals surface area contributed by atoms with Gasteiger partial charge in [0, 0.05) is 11.6 Å². The first-order chi connectivity index (χ1) is 10.8. The SMILES string of the molecule is Cc1cnc2c(c1)c(I)c(C(=O)O)n2S(=O)(=O)c1ccccc1. The van der Waals surface area contributed by atoms with Crippen molar-refractivity contribution in [3.63, 3.8) is 0 Å². The minimum atomic E-state index is -4.06. The molecule has 0 aliphatic heterocycles. The summed E-state index contributed by atoms with van der Waals surface area (Å²) in [6, 6.07) is 9.44. The van der Waals surface area contributed by atoms with Gasteiger partial charge in [-0.3, -0.25) is 0 Å². The molecular formula is C15H11IN2O4S. The van der Waals surface area contributed by atoms with Gasteiger partial charge < -0.3 is 5.11 Å². The first kappa shape index (κ1) is 15.9. The van der Waals surface area contributed by atoms with Crippen LogP contribution in [0.3, 0.4) is 0 Å². The lowest BCUT2D eigenvalue weighted by Crippen LogP contribution is -2.19. The summed E-state index contributed by atoms with van der Waals surface area (Å²) < 4.78 is 27.0. The standard InChI is InChI=1S/C15H11IN2O4S/c1-9-7-11-12(16)13(15(19)20)18(14(11)17-8-9)23(21,22)10-5-3-2-4-6-10/h2-8H,1H3,(H,19,20). The van der Waals surface area contributed by atoms with E-state index in [1.54, 1.807) is 24.3 Å². The molecule has 0 saturated carbocycles. The number of nitrogens with zero attached hydrogens (tertiary/aromatic N) is 2. The van der Waals surface area contributed by atoms with Crippen LogP contribution >= 0.6 is 22.6 Å². The van der Waals surface area contributed by atoms with Crippen molar-refractivity contribution in [2.24, 2.45) is 0 Å². The molecule has 0 amide bonds. The van der Waals surface area contributed by atoms with E-state index in [4.69, 9.17) is 0 Å². The summed E-state index contributed by atoms with van der Waals surface area (Å²) in [5.74, 6) is -1.32. The summed E-state index contributed by atoms with van der Waals surface area (Å²) in [4.78, 5) is 15.8. The Balaban J connectivity index is 2.46. The van der Waals surface area contributed by atoms with Crippen molar-refractivity contribution >= 4 is 49.6 Å². The number of benzene rings is 1. The van der Waals surface area contributed by atoms with Crippen LogP contribution in [-0.2, 0) is 10.0 Å². The van der Waals surface area contributed by atoms with Crippen molar-refractivity contribution in [2.45, 2.75) is 11.8 Å². The van der Waals surface area contributed by atoms with Crippen LogP contribution < -0.4 is 0 Å². The molecule has 0 bridgehead atoms. The molecule has 23 heavy (non-hydrogen) atoms. The Morgan fingerprint density at radius 1 is 1.26 bits per heavy atom. The fraction of sp³-hybridized carbons (Fsp3) is 0.0667. The summed E-state index contributed by atoms with van der Waals surface area (Å²) >= 11 is 1.84. The van der Waals surface area contributed by atoms with Crippen molar-refractivity contribution in [1.82, 2.24) is 8.96 Å². The number of carbonyl (C=O) groups is 1. The molecule has 0 spiro atoms. The van der Waals surface area contributed by atoms with E-state index in [1.165, 1.54) is 18.3 Å². The van der Waals surface area contributed by atoms with Gasteiger partial charge in [0.1, 0.15) is 0 Å². The van der Waals surface area contributed by atoms with E-state index >= 15 is 0 Å². The molecule has 6 nitrogen and oxygen atoms in total. The maximum atomic E-state index is 12.9. The van der Waals surface area contributed by atoms with Gasteiger partial charge in [0.15, 0.2) is 11.3 Å². The van der Waals surface area contributed by atoms with Crippen molar-refractivity contribution < 1.29 is 18.3 Å². The van der Waals surface area contributed by atoms with Crippen molar-refractivity contribution in [3.8, 4) is 0 Å². The van der Waals surface area contributed by atoms with Crippen LogP contribution in [0.1, 0.15) is 16.1 Å². The van der Waals surface area contributed by atoms with Gasteiger partial charge >= 0.3 is 5.97 Å². The van der Waals surface area contributed by atoms with E-state index < -0.39 is 16.0 Å². The van der Waals surface area contributed by atoms with Gasteiger partial charge in [0.05, 0.1) is 8.47 Å². The minimum absolute atomic E-state index is 0.0122. The monoisotopic (exact) mass is 442 g/mol. The Hall–Kier alpha value is -1.94. The molecule has 0 saturated heterocycles. The predicted octanol–water partition coefficient (Wildman–Crippen LogP) is 2.88. The first-order valence-electron chi connectivity index (χ1n) is 6.54.